The first-order chi connectivity index (χ1) is 16.2. The molecule has 2 aliphatic heterocycles. The van der Waals surface area contributed by atoms with Crippen LogP contribution in [-0.2, 0) is 14.8 Å². The zero-order valence-electron chi connectivity index (χ0n) is 20.5. The van der Waals surface area contributed by atoms with Crippen LogP contribution in [0.25, 0.3) is 0 Å². The molecular formula is C27H36N2O4S. The Hall–Kier alpha value is -2.38. The summed E-state index contributed by atoms with van der Waals surface area (Å²) in [5.41, 5.74) is 2.69. The highest BCUT2D eigenvalue weighted by Gasteiger charge is 2.45. The van der Waals surface area contributed by atoms with E-state index >= 15 is 0 Å². The smallest absolute Gasteiger partial charge is 0.243 e. The number of benzene rings is 2. The number of para-hydroxylation sites is 1. The monoisotopic (exact) mass is 484 g/mol. The Balaban J connectivity index is 1.29. The Kier molecular flexibility index (Phi) is 7.33. The van der Waals surface area contributed by atoms with Crippen LogP contribution in [-0.4, -0.2) is 56.3 Å². The number of piperidine rings is 1. The van der Waals surface area contributed by atoms with Gasteiger partial charge in [0.2, 0.25) is 15.9 Å². The van der Waals surface area contributed by atoms with E-state index in [9.17, 15) is 13.2 Å². The molecule has 0 bridgehead atoms. The van der Waals surface area contributed by atoms with Crippen LogP contribution in [0, 0.1) is 26.2 Å². The number of carbonyl (C=O) groups is 1. The quantitative estimate of drug-likeness (QED) is 0.544. The maximum atomic E-state index is 13.5. The van der Waals surface area contributed by atoms with Crippen molar-refractivity contribution < 1.29 is 17.9 Å². The van der Waals surface area contributed by atoms with Gasteiger partial charge in [-0.05, 0) is 75.1 Å². The molecule has 0 aliphatic carbocycles. The second-order valence-corrected chi connectivity index (χ2v) is 11.8. The average Bonchev–Trinajstić information content (AvgIpc) is 3.21. The van der Waals surface area contributed by atoms with Gasteiger partial charge < -0.3 is 9.64 Å². The van der Waals surface area contributed by atoms with E-state index in [0.29, 0.717) is 50.5 Å². The Bertz CT molecular complexity index is 1100. The number of hydrogen-bond donors (Lipinski definition) is 0. The van der Waals surface area contributed by atoms with Gasteiger partial charge >= 0.3 is 0 Å². The molecule has 2 aliphatic rings. The fourth-order valence-corrected chi connectivity index (χ4v) is 7.49. The van der Waals surface area contributed by atoms with E-state index in [1.54, 1.807) is 4.31 Å². The van der Waals surface area contributed by atoms with E-state index in [4.69, 9.17) is 4.74 Å². The molecule has 1 amide bonds. The van der Waals surface area contributed by atoms with Gasteiger partial charge in [0.15, 0.2) is 0 Å². The summed E-state index contributed by atoms with van der Waals surface area (Å²) >= 11 is 0. The molecule has 0 saturated carbocycles. The van der Waals surface area contributed by atoms with Crippen molar-refractivity contribution in [2.75, 3.05) is 32.8 Å². The standard InChI is InChI=1S/C27H36N2O4S/c1-21-18-22(2)26(23(3)19-21)34(31,32)29-16-13-27(20-29)11-14-28(15-12-27)25(30)10-7-17-33-24-8-5-4-6-9-24/h4-6,8-9,18-19H,7,10-17,20H2,1-3H3. The van der Waals surface area contributed by atoms with Gasteiger partial charge in [-0.3, -0.25) is 4.79 Å². The molecule has 2 saturated heterocycles. The topological polar surface area (TPSA) is 66.9 Å². The number of rotatable bonds is 7. The second-order valence-electron chi connectivity index (χ2n) is 9.96. The number of nitrogens with zero attached hydrogens (tertiary/aromatic N) is 2. The summed E-state index contributed by atoms with van der Waals surface area (Å²) in [6.07, 6.45) is 3.75. The van der Waals surface area contributed by atoms with Gasteiger partial charge in [-0.2, -0.15) is 4.31 Å². The van der Waals surface area contributed by atoms with Crippen LogP contribution >= 0.6 is 0 Å². The van der Waals surface area contributed by atoms with E-state index < -0.39 is 10.0 Å². The minimum Gasteiger partial charge on any atom is -0.494 e. The first-order valence-corrected chi connectivity index (χ1v) is 13.7. The van der Waals surface area contributed by atoms with Gasteiger partial charge in [-0.15, -0.1) is 0 Å². The van der Waals surface area contributed by atoms with Crippen molar-refractivity contribution in [3.05, 3.63) is 59.2 Å². The van der Waals surface area contributed by atoms with Crippen molar-refractivity contribution in [1.82, 2.24) is 9.21 Å². The van der Waals surface area contributed by atoms with Gasteiger partial charge in [0.25, 0.3) is 0 Å². The minimum atomic E-state index is -3.52. The summed E-state index contributed by atoms with van der Waals surface area (Å²) in [4.78, 5) is 15.1. The van der Waals surface area contributed by atoms with Crippen LogP contribution in [0.1, 0.15) is 48.8 Å². The van der Waals surface area contributed by atoms with Gasteiger partial charge in [0, 0.05) is 32.6 Å². The molecule has 0 aromatic heterocycles. The summed E-state index contributed by atoms with van der Waals surface area (Å²) in [6, 6.07) is 13.5. The third-order valence-corrected chi connectivity index (χ3v) is 9.48. The van der Waals surface area contributed by atoms with Crippen molar-refractivity contribution in [2.45, 2.75) is 57.8 Å². The van der Waals surface area contributed by atoms with Crippen molar-refractivity contribution in [1.29, 1.82) is 0 Å². The molecule has 0 unspecified atom stereocenters. The number of likely N-dealkylation sites (tertiary alicyclic amines) is 1. The predicted octanol–water partition coefficient (Wildman–Crippen LogP) is 4.47. The van der Waals surface area contributed by atoms with Crippen molar-refractivity contribution in [2.24, 2.45) is 5.41 Å². The third-order valence-electron chi connectivity index (χ3n) is 7.33. The number of ether oxygens (including phenoxy) is 1. The first kappa shape index (κ1) is 24.7. The summed E-state index contributed by atoms with van der Waals surface area (Å²) in [7, 11) is -3.52. The zero-order valence-corrected chi connectivity index (χ0v) is 21.4. The zero-order chi connectivity index (χ0) is 24.3. The van der Waals surface area contributed by atoms with Gasteiger partial charge in [-0.25, -0.2) is 8.42 Å². The molecular weight excluding hydrogens is 448 g/mol. The highest BCUT2D eigenvalue weighted by Crippen LogP contribution is 2.43. The molecule has 6 nitrogen and oxygen atoms in total. The lowest BCUT2D eigenvalue weighted by Crippen LogP contribution is -2.44. The Morgan fingerprint density at radius 2 is 1.59 bits per heavy atom. The lowest BCUT2D eigenvalue weighted by molar-refractivity contribution is -0.133. The number of amides is 1. The molecule has 0 N–H and O–H groups in total. The Morgan fingerprint density at radius 1 is 0.971 bits per heavy atom. The highest BCUT2D eigenvalue weighted by atomic mass is 32.2. The van der Waals surface area contributed by atoms with E-state index in [0.717, 1.165) is 41.7 Å². The minimum absolute atomic E-state index is 0.0211. The molecule has 2 fully saturated rings. The van der Waals surface area contributed by atoms with Crippen LogP contribution in [0.5, 0.6) is 5.75 Å². The summed E-state index contributed by atoms with van der Waals surface area (Å²) < 4.78 is 34.3. The number of hydrogen-bond acceptors (Lipinski definition) is 4. The summed E-state index contributed by atoms with van der Waals surface area (Å²) in [5.74, 6) is 0.992. The van der Waals surface area contributed by atoms with Crippen LogP contribution in [0.4, 0.5) is 0 Å². The van der Waals surface area contributed by atoms with E-state index in [1.807, 2.05) is 68.1 Å². The number of sulfonamides is 1. The molecule has 7 heteroatoms. The fraction of sp³-hybridized carbons (Fsp3) is 0.519. The molecule has 2 heterocycles. The van der Waals surface area contributed by atoms with Gasteiger partial charge in [0.05, 0.1) is 11.5 Å². The number of carbonyl (C=O) groups excluding carboxylic acids is 1. The van der Waals surface area contributed by atoms with Crippen LogP contribution in [0.2, 0.25) is 0 Å². The van der Waals surface area contributed by atoms with E-state index in [2.05, 4.69) is 0 Å². The Labute approximate surface area is 204 Å². The lowest BCUT2D eigenvalue weighted by atomic mass is 9.78. The molecule has 0 atom stereocenters. The summed E-state index contributed by atoms with van der Waals surface area (Å²) in [6.45, 7) is 8.80. The molecule has 0 radical (unpaired) electrons. The maximum Gasteiger partial charge on any atom is 0.243 e. The Morgan fingerprint density at radius 3 is 2.24 bits per heavy atom. The molecule has 2 aromatic rings. The van der Waals surface area contributed by atoms with E-state index in [1.165, 1.54) is 0 Å². The summed E-state index contributed by atoms with van der Waals surface area (Å²) in [5, 5.41) is 0. The van der Waals surface area contributed by atoms with Crippen molar-refractivity contribution in [3.8, 4) is 5.75 Å². The van der Waals surface area contributed by atoms with Crippen LogP contribution in [0.3, 0.4) is 0 Å². The molecule has 34 heavy (non-hydrogen) atoms. The second kappa shape index (κ2) is 10.1. The highest BCUT2D eigenvalue weighted by molar-refractivity contribution is 7.89. The maximum absolute atomic E-state index is 13.5. The van der Waals surface area contributed by atoms with E-state index in [-0.39, 0.29) is 11.3 Å². The van der Waals surface area contributed by atoms with Gasteiger partial charge in [0.1, 0.15) is 5.75 Å². The predicted molar refractivity (Wildman–Crippen MR) is 133 cm³/mol. The van der Waals surface area contributed by atoms with Gasteiger partial charge in [-0.1, -0.05) is 35.9 Å². The lowest BCUT2D eigenvalue weighted by Gasteiger charge is -2.39. The molecule has 1 spiro atoms. The largest absolute Gasteiger partial charge is 0.494 e. The van der Waals surface area contributed by atoms with Crippen LogP contribution in [0.15, 0.2) is 47.4 Å². The molecule has 184 valence electrons. The van der Waals surface area contributed by atoms with Crippen LogP contribution < -0.4 is 4.74 Å². The fourth-order valence-electron chi connectivity index (χ4n) is 5.53. The molecule has 2 aromatic carbocycles. The third kappa shape index (κ3) is 5.31. The van der Waals surface area contributed by atoms with Crippen molar-refractivity contribution >= 4 is 15.9 Å². The first-order valence-electron chi connectivity index (χ1n) is 12.2. The normalized spacial score (nSPS) is 18.4. The number of aryl methyl sites for hydroxylation is 3. The molecule has 4 rings (SSSR count). The SMILES string of the molecule is Cc1cc(C)c(S(=O)(=O)N2CCC3(CCN(C(=O)CCCOc4ccccc4)CC3)C2)c(C)c1. The van der Waals surface area contributed by atoms with Crippen molar-refractivity contribution in [3.63, 3.8) is 0 Å². The average molecular weight is 485 g/mol.